The van der Waals surface area contributed by atoms with Crippen molar-refractivity contribution in [2.75, 3.05) is 7.11 Å². The van der Waals surface area contributed by atoms with Crippen LogP contribution in [0.4, 0.5) is 0 Å². The van der Waals surface area contributed by atoms with Crippen LogP contribution >= 0.6 is 0 Å². The van der Waals surface area contributed by atoms with Gasteiger partial charge in [0, 0.05) is 13.7 Å². The first kappa shape index (κ1) is 11.7. The van der Waals surface area contributed by atoms with E-state index < -0.39 is 0 Å². The fourth-order valence-corrected chi connectivity index (χ4v) is 1.39. The van der Waals surface area contributed by atoms with E-state index in [1.807, 2.05) is 6.07 Å². The summed E-state index contributed by atoms with van der Waals surface area (Å²) in [6.45, 7) is 3.35. The molecule has 0 saturated heterocycles. The van der Waals surface area contributed by atoms with E-state index in [1.54, 1.807) is 11.8 Å². The summed E-state index contributed by atoms with van der Waals surface area (Å²) in [5.74, 6) is 0. The molecule has 5 nitrogen and oxygen atoms in total. The van der Waals surface area contributed by atoms with E-state index in [0.29, 0.717) is 12.3 Å². The molecule has 0 bridgehead atoms. The third-order valence-corrected chi connectivity index (χ3v) is 2.20. The Kier molecular flexibility index (Phi) is 4.78. The van der Waals surface area contributed by atoms with Crippen molar-refractivity contribution >= 4 is 0 Å². The van der Waals surface area contributed by atoms with E-state index in [2.05, 4.69) is 17.2 Å². The average Bonchev–Trinajstić information content (AvgIpc) is 2.62. The fraction of sp³-hybridized carbons (Fsp3) is 0.700. The van der Waals surface area contributed by atoms with E-state index in [9.17, 15) is 0 Å². The molecular weight excluding hydrogens is 192 g/mol. The van der Waals surface area contributed by atoms with Crippen molar-refractivity contribution in [3.05, 3.63) is 11.4 Å². The van der Waals surface area contributed by atoms with Gasteiger partial charge in [-0.1, -0.05) is 25.0 Å². The number of aryl methyl sites for hydroxylation is 1. The number of nitriles is 1. The molecule has 1 heterocycles. The zero-order valence-corrected chi connectivity index (χ0v) is 9.23. The van der Waals surface area contributed by atoms with Crippen molar-refractivity contribution in [1.82, 2.24) is 15.0 Å². The molecule has 0 fully saturated rings. The summed E-state index contributed by atoms with van der Waals surface area (Å²) >= 11 is 0. The van der Waals surface area contributed by atoms with E-state index in [-0.39, 0.29) is 0 Å². The minimum Gasteiger partial charge on any atom is -0.378 e. The second-order valence-electron chi connectivity index (χ2n) is 3.36. The monoisotopic (exact) mass is 208 g/mol. The van der Waals surface area contributed by atoms with Crippen molar-refractivity contribution < 1.29 is 4.74 Å². The number of rotatable bonds is 6. The minimum atomic E-state index is 0.369. The third-order valence-electron chi connectivity index (χ3n) is 2.20. The summed E-state index contributed by atoms with van der Waals surface area (Å²) in [5, 5.41) is 16.6. The topological polar surface area (TPSA) is 63.7 Å². The van der Waals surface area contributed by atoms with Crippen LogP contribution in [-0.4, -0.2) is 22.1 Å². The SMILES string of the molecule is CCCCCn1nnc(C#N)c1COC. The fourth-order valence-electron chi connectivity index (χ4n) is 1.39. The summed E-state index contributed by atoms with van der Waals surface area (Å²) in [6.07, 6.45) is 3.38. The smallest absolute Gasteiger partial charge is 0.188 e. The van der Waals surface area contributed by atoms with Gasteiger partial charge in [-0.2, -0.15) is 5.26 Å². The number of hydrogen-bond donors (Lipinski definition) is 0. The molecule has 0 amide bonds. The molecule has 1 aromatic heterocycles. The van der Waals surface area contributed by atoms with Gasteiger partial charge in [-0.05, 0) is 6.42 Å². The van der Waals surface area contributed by atoms with Crippen molar-refractivity contribution in [2.24, 2.45) is 0 Å². The molecule has 0 aromatic carbocycles. The lowest BCUT2D eigenvalue weighted by Gasteiger charge is -2.04. The summed E-state index contributed by atoms with van der Waals surface area (Å²) in [4.78, 5) is 0. The largest absolute Gasteiger partial charge is 0.378 e. The Morgan fingerprint density at radius 2 is 2.27 bits per heavy atom. The van der Waals surface area contributed by atoms with Crippen molar-refractivity contribution in [3.8, 4) is 6.07 Å². The van der Waals surface area contributed by atoms with Crippen LogP contribution in [-0.2, 0) is 17.9 Å². The van der Waals surface area contributed by atoms with Gasteiger partial charge >= 0.3 is 0 Å². The molecular formula is C10H16N4O. The lowest BCUT2D eigenvalue weighted by atomic mass is 10.2. The maximum atomic E-state index is 8.81. The molecule has 0 radical (unpaired) electrons. The van der Waals surface area contributed by atoms with Gasteiger partial charge in [-0.15, -0.1) is 5.10 Å². The normalized spacial score (nSPS) is 10.2. The zero-order chi connectivity index (χ0) is 11.1. The Morgan fingerprint density at radius 3 is 2.87 bits per heavy atom. The van der Waals surface area contributed by atoms with Gasteiger partial charge in [0.25, 0.3) is 0 Å². The Balaban J connectivity index is 2.70. The molecule has 1 aromatic rings. The van der Waals surface area contributed by atoms with Crippen LogP contribution in [0.3, 0.4) is 0 Å². The first-order valence-electron chi connectivity index (χ1n) is 5.14. The van der Waals surface area contributed by atoms with Crippen LogP contribution in [0, 0.1) is 11.3 Å². The van der Waals surface area contributed by atoms with Crippen molar-refractivity contribution in [3.63, 3.8) is 0 Å². The number of methoxy groups -OCH3 is 1. The lowest BCUT2D eigenvalue weighted by Crippen LogP contribution is -2.06. The lowest BCUT2D eigenvalue weighted by molar-refractivity contribution is 0.176. The summed E-state index contributed by atoms with van der Waals surface area (Å²) in [7, 11) is 1.60. The van der Waals surface area contributed by atoms with E-state index in [1.165, 1.54) is 6.42 Å². The van der Waals surface area contributed by atoms with Crippen LogP contribution < -0.4 is 0 Å². The second-order valence-corrected chi connectivity index (χ2v) is 3.36. The maximum absolute atomic E-state index is 8.81. The van der Waals surface area contributed by atoms with Crippen molar-refractivity contribution in [2.45, 2.75) is 39.3 Å². The Labute approximate surface area is 89.7 Å². The molecule has 0 atom stereocenters. The minimum absolute atomic E-state index is 0.369. The van der Waals surface area contributed by atoms with Gasteiger partial charge in [0.1, 0.15) is 11.8 Å². The summed E-state index contributed by atoms with van der Waals surface area (Å²) < 4.78 is 6.79. The van der Waals surface area contributed by atoms with E-state index in [4.69, 9.17) is 10.00 Å². The highest BCUT2D eigenvalue weighted by Crippen LogP contribution is 2.07. The molecule has 5 heteroatoms. The standard InChI is InChI=1S/C10H16N4O/c1-3-4-5-6-14-10(8-15-2)9(7-11)12-13-14/h3-6,8H2,1-2H3. The predicted molar refractivity (Wildman–Crippen MR) is 55.0 cm³/mol. The first-order chi connectivity index (χ1) is 7.33. The molecule has 1 rings (SSSR count). The van der Waals surface area contributed by atoms with Crippen molar-refractivity contribution in [1.29, 1.82) is 5.26 Å². The van der Waals surface area contributed by atoms with Gasteiger partial charge in [0.05, 0.1) is 6.61 Å². The third kappa shape index (κ3) is 3.03. The van der Waals surface area contributed by atoms with Gasteiger partial charge in [-0.3, -0.25) is 0 Å². The highest BCUT2D eigenvalue weighted by atomic mass is 16.5. The highest BCUT2D eigenvalue weighted by molar-refractivity contribution is 5.23. The van der Waals surface area contributed by atoms with Gasteiger partial charge in [0.2, 0.25) is 0 Å². The Morgan fingerprint density at radius 1 is 1.47 bits per heavy atom. The summed E-state index contributed by atoms with van der Waals surface area (Å²) in [6, 6.07) is 2.02. The zero-order valence-electron chi connectivity index (χ0n) is 9.23. The van der Waals surface area contributed by atoms with E-state index in [0.717, 1.165) is 25.1 Å². The van der Waals surface area contributed by atoms with Crippen LogP contribution in [0.2, 0.25) is 0 Å². The van der Waals surface area contributed by atoms with E-state index >= 15 is 0 Å². The molecule has 0 aliphatic heterocycles. The number of ether oxygens (including phenoxy) is 1. The number of nitrogens with zero attached hydrogens (tertiary/aromatic N) is 4. The molecule has 0 aliphatic rings. The highest BCUT2D eigenvalue weighted by Gasteiger charge is 2.11. The van der Waals surface area contributed by atoms with Gasteiger partial charge < -0.3 is 4.74 Å². The number of aromatic nitrogens is 3. The molecule has 0 N–H and O–H groups in total. The quantitative estimate of drug-likeness (QED) is 0.664. The average molecular weight is 208 g/mol. The van der Waals surface area contributed by atoms with Crippen LogP contribution in [0.15, 0.2) is 0 Å². The molecule has 0 aliphatic carbocycles. The number of hydrogen-bond acceptors (Lipinski definition) is 4. The molecule has 82 valence electrons. The molecule has 0 spiro atoms. The molecule has 0 unspecified atom stereocenters. The maximum Gasteiger partial charge on any atom is 0.188 e. The summed E-state index contributed by atoms with van der Waals surface area (Å²) in [5.41, 5.74) is 1.14. The first-order valence-corrected chi connectivity index (χ1v) is 5.14. The van der Waals surface area contributed by atoms with Crippen LogP contribution in [0.25, 0.3) is 0 Å². The van der Waals surface area contributed by atoms with Gasteiger partial charge in [-0.25, -0.2) is 4.68 Å². The Bertz CT molecular complexity index is 340. The second kappa shape index (κ2) is 6.14. The molecule has 15 heavy (non-hydrogen) atoms. The number of unbranched alkanes of at least 4 members (excludes halogenated alkanes) is 2. The van der Waals surface area contributed by atoms with Crippen LogP contribution in [0.1, 0.15) is 37.6 Å². The van der Waals surface area contributed by atoms with Gasteiger partial charge in [0.15, 0.2) is 5.69 Å². The molecule has 0 saturated carbocycles. The predicted octanol–water partition coefficient (Wildman–Crippen LogP) is 1.49. The van der Waals surface area contributed by atoms with Crippen LogP contribution in [0.5, 0.6) is 0 Å². The Hall–Kier alpha value is -1.41.